The minimum absolute atomic E-state index is 0.320. The maximum atomic E-state index is 11.4. The lowest BCUT2D eigenvalue weighted by atomic mass is 10.2. The number of carbonyl (C=O) groups excluding carboxylic acids is 1. The van der Waals surface area contributed by atoms with Crippen LogP contribution in [-0.2, 0) is 4.79 Å². The zero-order valence-electron chi connectivity index (χ0n) is 7.59. The second-order valence-electron chi connectivity index (χ2n) is 3.33. The Labute approximate surface area is 73.9 Å². The molecule has 70 valence electrons. The Kier molecular flexibility index (Phi) is 4.08. The lowest BCUT2D eigenvalue weighted by Gasteiger charge is -2.19. The molecule has 0 aromatic carbocycles. The van der Waals surface area contributed by atoms with Gasteiger partial charge in [0.1, 0.15) is 0 Å². The van der Waals surface area contributed by atoms with E-state index in [2.05, 4.69) is 0 Å². The third kappa shape index (κ3) is 2.81. The predicted octanol–water partition coefficient (Wildman–Crippen LogP) is 0.738. The molecule has 1 heterocycles. The maximum Gasteiger partial charge on any atom is 0.222 e. The summed E-state index contributed by atoms with van der Waals surface area (Å²) in [6.07, 6.45) is 5.11. The number of nitrogens with zero attached hydrogens (tertiary/aromatic N) is 1. The Bertz CT molecular complexity index is 147. The van der Waals surface area contributed by atoms with Crippen molar-refractivity contribution >= 4 is 5.91 Å². The quantitative estimate of drug-likeness (QED) is 0.679. The van der Waals surface area contributed by atoms with Crippen LogP contribution in [0.5, 0.6) is 0 Å². The van der Waals surface area contributed by atoms with E-state index in [9.17, 15) is 4.79 Å². The lowest BCUT2D eigenvalue weighted by molar-refractivity contribution is -0.130. The molecule has 1 aliphatic heterocycles. The summed E-state index contributed by atoms with van der Waals surface area (Å²) in [5.41, 5.74) is 5.39. The molecule has 0 radical (unpaired) electrons. The first kappa shape index (κ1) is 9.52. The number of nitrogens with two attached hydrogens (primary N) is 1. The van der Waals surface area contributed by atoms with Gasteiger partial charge in [-0.1, -0.05) is 6.42 Å². The summed E-state index contributed by atoms with van der Waals surface area (Å²) < 4.78 is 0. The maximum absolute atomic E-state index is 11.4. The summed E-state index contributed by atoms with van der Waals surface area (Å²) in [5, 5.41) is 0. The predicted molar refractivity (Wildman–Crippen MR) is 48.7 cm³/mol. The molecule has 0 saturated carbocycles. The lowest BCUT2D eigenvalue weighted by Crippen LogP contribution is -2.32. The summed E-state index contributed by atoms with van der Waals surface area (Å²) in [4.78, 5) is 13.4. The molecule has 3 nitrogen and oxygen atoms in total. The Balaban J connectivity index is 2.31. The van der Waals surface area contributed by atoms with Crippen LogP contribution in [0, 0.1) is 0 Å². The van der Waals surface area contributed by atoms with Crippen LogP contribution in [0.1, 0.15) is 32.1 Å². The van der Waals surface area contributed by atoms with E-state index in [-0.39, 0.29) is 0 Å². The van der Waals surface area contributed by atoms with Gasteiger partial charge in [-0.05, 0) is 25.8 Å². The standard InChI is InChI=1S/C9H18N2O/c10-6-4-8-11-7-3-1-2-5-9(11)12/h1-8,10H2. The van der Waals surface area contributed by atoms with Crippen LogP contribution in [0.15, 0.2) is 0 Å². The highest BCUT2D eigenvalue weighted by atomic mass is 16.2. The molecular weight excluding hydrogens is 152 g/mol. The second kappa shape index (κ2) is 5.14. The van der Waals surface area contributed by atoms with Crippen molar-refractivity contribution in [3.63, 3.8) is 0 Å². The third-order valence-corrected chi connectivity index (χ3v) is 2.30. The number of rotatable bonds is 3. The van der Waals surface area contributed by atoms with E-state index < -0.39 is 0 Å². The summed E-state index contributed by atoms with van der Waals surface area (Å²) >= 11 is 0. The summed E-state index contributed by atoms with van der Waals surface area (Å²) in [6.45, 7) is 2.48. The molecule has 12 heavy (non-hydrogen) atoms. The first-order chi connectivity index (χ1) is 5.84. The van der Waals surface area contributed by atoms with Crippen molar-refractivity contribution < 1.29 is 4.79 Å². The van der Waals surface area contributed by atoms with Crippen LogP contribution in [-0.4, -0.2) is 30.4 Å². The average Bonchev–Trinajstić information content (AvgIpc) is 2.27. The van der Waals surface area contributed by atoms with Gasteiger partial charge in [-0.2, -0.15) is 0 Å². The van der Waals surface area contributed by atoms with Gasteiger partial charge >= 0.3 is 0 Å². The van der Waals surface area contributed by atoms with E-state index in [4.69, 9.17) is 5.73 Å². The summed E-state index contributed by atoms with van der Waals surface area (Å²) in [7, 11) is 0. The molecule has 0 aromatic rings. The van der Waals surface area contributed by atoms with E-state index in [0.29, 0.717) is 12.5 Å². The van der Waals surface area contributed by atoms with Gasteiger partial charge in [0.2, 0.25) is 5.91 Å². The van der Waals surface area contributed by atoms with Crippen molar-refractivity contribution in [2.75, 3.05) is 19.6 Å². The van der Waals surface area contributed by atoms with Crippen molar-refractivity contribution in [2.24, 2.45) is 5.73 Å². The molecule has 3 heteroatoms. The monoisotopic (exact) mass is 170 g/mol. The molecule has 0 aliphatic carbocycles. The van der Waals surface area contributed by atoms with Crippen molar-refractivity contribution in [3.05, 3.63) is 0 Å². The van der Waals surface area contributed by atoms with Gasteiger partial charge in [0, 0.05) is 19.5 Å². The van der Waals surface area contributed by atoms with Crippen molar-refractivity contribution in [3.8, 4) is 0 Å². The van der Waals surface area contributed by atoms with Gasteiger partial charge < -0.3 is 10.6 Å². The van der Waals surface area contributed by atoms with Gasteiger partial charge in [0.05, 0.1) is 0 Å². The minimum Gasteiger partial charge on any atom is -0.343 e. The molecule has 1 fully saturated rings. The first-order valence-corrected chi connectivity index (χ1v) is 4.82. The fourth-order valence-electron chi connectivity index (χ4n) is 1.56. The molecule has 0 bridgehead atoms. The molecule has 1 amide bonds. The van der Waals surface area contributed by atoms with Crippen molar-refractivity contribution in [2.45, 2.75) is 32.1 Å². The van der Waals surface area contributed by atoms with Crippen LogP contribution in [0.2, 0.25) is 0 Å². The normalized spacial score (nSPS) is 19.4. The van der Waals surface area contributed by atoms with E-state index in [1.54, 1.807) is 0 Å². The van der Waals surface area contributed by atoms with E-state index in [0.717, 1.165) is 38.8 Å². The van der Waals surface area contributed by atoms with Crippen LogP contribution < -0.4 is 5.73 Å². The average molecular weight is 170 g/mol. The summed E-state index contributed by atoms with van der Waals surface area (Å²) in [6, 6.07) is 0. The molecule has 1 rings (SSSR count). The highest BCUT2D eigenvalue weighted by Gasteiger charge is 2.14. The van der Waals surface area contributed by atoms with E-state index >= 15 is 0 Å². The SMILES string of the molecule is NCCCN1CCCCCC1=O. The third-order valence-electron chi connectivity index (χ3n) is 2.30. The largest absolute Gasteiger partial charge is 0.343 e. The van der Waals surface area contributed by atoms with Crippen molar-refractivity contribution in [1.29, 1.82) is 0 Å². The fourth-order valence-corrected chi connectivity index (χ4v) is 1.56. The molecule has 0 aromatic heterocycles. The highest BCUT2D eigenvalue weighted by Crippen LogP contribution is 2.10. The summed E-state index contributed by atoms with van der Waals surface area (Å²) in [5.74, 6) is 0.320. The smallest absolute Gasteiger partial charge is 0.222 e. The van der Waals surface area contributed by atoms with Gasteiger partial charge in [-0.3, -0.25) is 4.79 Å². The van der Waals surface area contributed by atoms with Gasteiger partial charge in [0.25, 0.3) is 0 Å². The minimum atomic E-state index is 0.320. The molecule has 2 N–H and O–H groups in total. The number of hydrogen-bond acceptors (Lipinski definition) is 2. The number of likely N-dealkylation sites (tertiary alicyclic amines) is 1. The first-order valence-electron chi connectivity index (χ1n) is 4.82. The Morgan fingerprint density at radius 2 is 2.17 bits per heavy atom. The van der Waals surface area contributed by atoms with Crippen LogP contribution in [0.4, 0.5) is 0 Å². The second-order valence-corrected chi connectivity index (χ2v) is 3.33. The Morgan fingerprint density at radius 1 is 1.33 bits per heavy atom. The number of carbonyl (C=O) groups is 1. The number of amides is 1. The zero-order chi connectivity index (χ0) is 8.81. The molecule has 0 unspecified atom stereocenters. The van der Waals surface area contributed by atoms with Crippen LogP contribution in [0.3, 0.4) is 0 Å². The Hall–Kier alpha value is -0.570. The molecule has 0 spiro atoms. The number of hydrogen-bond donors (Lipinski definition) is 1. The van der Waals surface area contributed by atoms with E-state index in [1.165, 1.54) is 6.42 Å². The Morgan fingerprint density at radius 3 is 2.92 bits per heavy atom. The van der Waals surface area contributed by atoms with Crippen LogP contribution >= 0.6 is 0 Å². The molecule has 1 aliphatic rings. The highest BCUT2D eigenvalue weighted by molar-refractivity contribution is 5.76. The topological polar surface area (TPSA) is 46.3 Å². The molecule has 1 saturated heterocycles. The van der Waals surface area contributed by atoms with Gasteiger partial charge in [-0.25, -0.2) is 0 Å². The fraction of sp³-hybridized carbons (Fsp3) is 0.889. The van der Waals surface area contributed by atoms with Crippen molar-refractivity contribution in [1.82, 2.24) is 4.90 Å². The van der Waals surface area contributed by atoms with Gasteiger partial charge in [-0.15, -0.1) is 0 Å². The zero-order valence-corrected chi connectivity index (χ0v) is 7.59. The van der Waals surface area contributed by atoms with E-state index in [1.807, 2.05) is 4.90 Å². The molecule has 0 atom stereocenters. The van der Waals surface area contributed by atoms with Gasteiger partial charge in [0.15, 0.2) is 0 Å². The molecular formula is C9H18N2O. The van der Waals surface area contributed by atoms with Crippen LogP contribution in [0.25, 0.3) is 0 Å².